The topological polar surface area (TPSA) is 17.1 Å². The molecular weight excluding hydrogens is 131 g/mol. The number of thiol groups is 1. The van der Waals surface area contributed by atoms with Crippen molar-refractivity contribution in [2.75, 3.05) is 0 Å². The zero-order chi connectivity index (χ0) is 6.69. The van der Waals surface area contributed by atoms with E-state index in [-0.39, 0.29) is 0 Å². The van der Waals surface area contributed by atoms with Crippen molar-refractivity contribution < 1.29 is 4.70 Å². The molecule has 1 aromatic rings. The van der Waals surface area contributed by atoms with Crippen LogP contribution in [0.15, 0.2) is 29.2 Å². The van der Waals surface area contributed by atoms with Crippen molar-refractivity contribution in [1.82, 2.24) is 0 Å². The van der Waals surface area contributed by atoms with Gasteiger partial charge in [-0.25, -0.2) is 0 Å². The van der Waals surface area contributed by atoms with Crippen molar-refractivity contribution in [2.45, 2.75) is 4.90 Å². The van der Waals surface area contributed by atoms with E-state index in [0.717, 1.165) is 12.0 Å². The summed E-state index contributed by atoms with van der Waals surface area (Å²) in [5.41, 5.74) is 0.688. The van der Waals surface area contributed by atoms with Crippen molar-refractivity contribution in [2.24, 2.45) is 0 Å². The fourth-order valence-corrected chi connectivity index (χ4v) is 0.702. The van der Waals surface area contributed by atoms with Gasteiger partial charge >= 0.3 is 59.1 Å². The summed E-state index contributed by atoms with van der Waals surface area (Å²) in [4.78, 5) is 0.876. The Bertz CT molecular complexity index is 207. The molecule has 0 unspecified atom stereocenters. The quantitative estimate of drug-likeness (QED) is 0.443. The Labute approximate surface area is 59.8 Å². The molecule has 0 radical (unpaired) electrons. The number of hydrogen-bond acceptors (Lipinski definition) is 2. The first-order chi connectivity index (χ1) is 4.33. The van der Waals surface area contributed by atoms with Gasteiger partial charge in [-0.1, -0.05) is 0 Å². The van der Waals surface area contributed by atoms with Crippen molar-refractivity contribution >= 4 is 25.2 Å². The summed E-state index contributed by atoms with van der Waals surface area (Å²) in [5, 5.41) is 0. The molecule has 1 rings (SSSR count). The molecule has 0 N–H and O–H groups in total. The zero-order valence-corrected chi connectivity index (χ0v) is 5.64. The van der Waals surface area contributed by atoms with Crippen molar-refractivity contribution in [1.29, 1.82) is 0 Å². The number of benzene rings is 1. The minimum absolute atomic E-state index is 0.688. The van der Waals surface area contributed by atoms with Gasteiger partial charge in [0.05, 0.1) is 0 Å². The van der Waals surface area contributed by atoms with Gasteiger partial charge in [-0.05, 0) is 0 Å². The Hall–Kier alpha value is -0.565. The molecule has 0 atom stereocenters. The molecule has 0 aliphatic rings. The van der Waals surface area contributed by atoms with Gasteiger partial charge in [0.15, 0.2) is 0 Å². The monoisotopic (exact) mass is 136 g/mol. The van der Waals surface area contributed by atoms with E-state index >= 15 is 0 Å². The molecule has 3 heteroatoms. The van der Waals surface area contributed by atoms with Gasteiger partial charge in [0.2, 0.25) is 0 Å². The first kappa shape index (κ1) is 6.55. The molecule has 0 fully saturated rings. The van der Waals surface area contributed by atoms with Crippen LogP contribution in [-0.4, -0.2) is 7.15 Å². The van der Waals surface area contributed by atoms with Gasteiger partial charge in [-0.15, -0.1) is 0 Å². The minimum atomic E-state index is 0.688. The van der Waals surface area contributed by atoms with E-state index in [4.69, 9.17) is 0 Å². The Morgan fingerprint density at radius 1 is 1.22 bits per heavy atom. The van der Waals surface area contributed by atoms with Crippen LogP contribution in [-0.2, 0) is 4.70 Å². The van der Waals surface area contributed by atoms with Crippen molar-refractivity contribution in [3.8, 4) is 0 Å². The molecule has 0 aliphatic heterocycles. The van der Waals surface area contributed by atoms with E-state index in [2.05, 4.69) is 12.6 Å². The van der Waals surface area contributed by atoms with Crippen LogP contribution in [0.3, 0.4) is 0 Å². The third-order valence-electron chi connectivity index (χ3n) is 1.03. The predicted octanol–water partition coefficient (Wildman–Crippen LogP) is 0.650. The summed E-state index contributed by atoms with van der Waals surface area (Å²) >= 11 is 4.05. The molecule has 0 spiro atoms. The first-order valence-corrected chi connectivity index (χ1v) is 3.02. The second kappa shape index (κ2) is 2.83. The van der Waals surface area contributed by atoms with Crippen LogP contribution < -0.4 is 5.46 Å². The first-order valence-electron chi connectivity index (χ1n) is 2.57. The number of rotatable bonds is 1. The molecule has 0 saturated carbocycles. The molecule has 9 heavy (non-hydrogen) atoms. The fourth-order valence-electron chi connectivity index (χ4n) is 0.553. The molecule has 1 nitrogen and oxygen atoms in total. The summed E-state index contributed by atoms with van der Waals surface area (Å²) in [6.07, 6.45) is 0. The van der Waals surface area contributed by atoms with Crippen LogP contribution in [0.25, 0.3) is 0 Å². The standard InChI is InChI=1S/C6H5BOS/c8-7-5-1-3-6(9)4-2-5/h1-4,9H. The summed E-state index contributed by atoms with van der Waals surface area (Å²) in [5.74, 6) is 0. The summed E-state index contributed by atoms with van der Waals surface area (Å²) < 4.78 is 10.1. The third-order valence-corrected chi connectivity index (χ3v) is 1.33. The van der Waals surface area contributed by atoms with E-state index in [1.807, 2.05) is 0 Å². The Kier molecular flexibility index (Phi) is 2.06. The molecule has 44 valence electrons. The van der Waals surface area contributed by atoms with Crippen LogP contribution >= 0.6 is 12.6 Å². The summed E-state index contributed by atoms with van der Waals surface area (Å²) in [7, 11) is 0.813. The molecule has 1 aromatic carbocycles. The average Bonchev–Trinajstić information content (AvgIpc) is 1.90. The second-order valence-corrected chi connectivity index (χ2v) is 2.23. The molecule has 0 saturated heterocycles. The second-order valence-electron chi connectivity index (χ2n) is 1.71. The van der Waals surface area contributed by atoms with E-state index in [9.17, 15) is 4.70 Å². The Balaban J connectivity index is 3.01. The van der Waals surface area contributed by atoms with Gasteiger partial charge in [0.25, 0.3) is 0 Å². The van der Waals surface area contributed by atoms with Crippen LogP contribution in [0.1, 0.15) is 0 Å². The summed E-state index contributed by atoms with van der Waals surface area (Å²) in [6, 6.07) is 7.03. The van der Waals surface area contributed by atoms with Crippen LogP contribution in [0.4, 0.5) is 0 Å². The number of hydrogen-bond donors (Lipinski definition) is 1. The van der Waals surface area contributed by atoms with Crippen LogP contribution in [0.2, 0.25) is 0 Å². The molecule has 0 aromatic heterocycles. The van der Waals surface area contributed by atoms with Crippen molar-refractivity contribution in [3.05, 3.63) is 24.3 Å². The fraction of sp³-hybridized carbons (Fsp3) is 0. The van der Waals surface area contributed by atoms with E-state index < -0.39 is 0 Å². The maximum absolute atomic E-state index is 10.1. The van der Waals surface area contributed by atoms with Gasteiger partial charge in [0.1, 0.15) is 0 Å². The Morgan fingerprint density at radius 3 is 2.22 bits per heavy atom. The van der Waals surface area contributed by atoms with Crippen LogP contribution in [0.5, 0.6) is 0 Å². The van der Waals surface area contributed by atoms with Gasteiger partial charge < -0.3 is 0 Å². The normalized spacial score (nSPS) is 8.56. The molecular formula is C6H5BOS. The van der Waals surface area contributed by atoms with Crippen molar-refractivity contribution in [3.63, 3.8) is 0 Å². The molecule has 0 heterocycles. The zero-order valence-electron chi connectivity index (χ0n) is 4.74. The van der Waals surface area contributed by atoms with E-state index in [0.29, 0.717) is 5.46 Å². The molecule has 0 aliphatic carbocycles. The van der Waals surface area contributed by atoms with E-state index in [1.54, 1.807) is 24.3 Å². The summed E-state index contributed by atoms with van der Waals surface area (Å²) in [6.45, 7) is 0. The SMILES string of the molecule is O=Bc1ccc(S)cc1. The van der Waals surface area contributed by atoms with E-state index in [1.165, 1.54) is 0 Å². The predicted molar refractivity (Wildman–Crippen MR) is 39.8 cm³/mol. The third kappa shape index (κ3) is 1.68. The Morgan fingerprint density at radius 2 is 1.78 bits per heavy atom. The van der Waals surface area contributed by atoms with Gasteiger partial charge in [-0.2, -0.15) is 0 Å². The van der Waals surface area contributed by atoms with Gasteiger partial charge in [-0.3, -0.25) is 0 Å². The molecule has 0 amide bonds. The van der Waals surface area contributed by atoms with Gasteiger partial charge in [0, 0.05) is 0 Å². The molecule has 0 bridgehead atoms. The average molecular weight is 136 g/mol. The van der Waals surface area contributed by atoms with Crippen LogP contribution in [0, 0.1) is 0 Å². The maximum atomic E-state index is 10.1.